The number of rotatable bonds is 11. The van der Waals surface area contributed by atoms with Crippen LogP contribution in [0.5, 0.6) is 0 Å². The van der Waals surface area contributed by atoms with Gasteiger partial charge in [0.15, 0.2) is 0 Å². The first kappa shape index (κ1) is 20.6. The number of hydrogen-bond acceptors (Lipinski definition) is 8. The second kappa shape index (κ2) is 10.3. The number of nitrogens with one attached hydrogen (secondary N) is 2. The van der Waals surface area contributed by atoms with Crippen molar-refractivity contribution in [2.45, 2.75) is 24.9 Å². The van der Waals surface area contributed by atoms with Crippen LogP contribution in [0.15, 0.2) is 0 Å². The molecule has 12 nitrogen and oxygen atoms in total. The number of nitrogens with two attached hydrogens (primary N) is 1. The molecule has 0 fully saturated rings. The largest absolute Gasteiger partial charge is 0.480 e. The smallest absolute Gasteiger partial charge is 0.322 e. The van der Waals surface area contributed by atoms with Crippen molar-refractivity contribution in [2.24, 2.45) is 5.73 Å². The first-order chi connectivity index (χ1) is 10.6. The van der Waals surface area contributed by atoms with Crippen molar-refractivity contribution in [3.8, 4) is 0 Å². The van der Waals surface area contributed by atoms with Gasteiger partial charge in [0.05, 0.1) is 5.75 Å². The van der Waals surface area contributed by atoms with Crippen LogP contribution in [-0.2, 0) is 19.2 Å². The average Bonchev–Trinajstić information content (AvgIpc) is 2.45. The Morgan fingerprint density at radius 3 is 2.35 bits per heavy atom. The van der Waals surface area contributed by atoms with Gasteiger partial charge >= 0.3 is 11.9 Å². The zero-order chi connectivity index (χ0) is 18.0. The molecule has 6 N–H and O–H groups in total. The molecule has 0 aliphatic carbocycles. The van der Waals surface area contributed by atoms with Crippen LogP contribution in [0, 0.1) is 10.1 Å². The van der Waals surface area contributed by atoms with E-state index in [-0.39, 0.29) is 24.8 Å². The first-order valence-corrected chi connectivity index (χ1v) is 7.12. The van der Waals surface area contributed by atoms with Gasteiger partial charge in [-0.05, 0) is 6.42 Å². The van der Waals surface area contributed by atoms with E-state index in [1.165, 1.54) is 0 Å². The van der Waals surface area contributed by atoms with Crippen LogP contribution in [-0.4, -0.2) is 62.7 Å². The van der Waals surface area contributed by atoms with Gasteiger partial charge < -0.3 is 26.6 Å². The van der Waals surface area contributed by atoms with Crippen molar-refractivity contribution >= 4 is 35.7 Å². The number of carbonyl (C=O) groups is 4. The van der Waals surface area contributed by atoms with Gasteiger partial charge in [0, 0.05) is 6.42 Å². The summed E-state index contributed by atoms with van der Waals surface area (Å²) in [7, 11) is 0. The second-order valence-corrected chi connectivity index (χ2v) is 5.12. The molecule has 0 unspecified atom stereocenters. The summed E-state index contributed by atoms with van der Waals surface area (Å²) < 4.78 is -0.774. The summed E-state index contributed by atoms with van der Waals surface area (Å²) >= 11 is 0.154. The highest BCUT2D eigenvalue weighted by molar-refractivity contribution is 7.93. The highest BCUT2D eigenvalue weighted by Gasteiger charge is 2.25. The fourth-order valence-corrected chi connectivity index (χ4v) is 1.79. The maximum absolute atomic E-state index is 11.7. The quantitative estimate of drug-likeness (QED) is 0.154. The Morgan fingerprint density at radius 2 is 1.87 bits per heavy atom. The Kier molecular flexibility index (Phi) is 9.26. The van der Waals surface area contributed by atoms with Crippen molar-refractivity contribution in [3.05, 3.63) is 10.1 Å². The molecule has 0 aliphatic rings. The average molecular weight is 352 g/mol. The Bertz CT molecular complexity index is 485. The van der Waals surface area contributed by atoms with Crippen LogP contribution in [0.4, 0.5) is 0 Å². The van der Waals surface area contributed by atoms with E-state index in [9.17, 15) is 29.3 Å². The predicted molar refractivity (Wildman–Crippen MR) is 76.9 cm³/mol. The topological polar surface area (TPSA) is 202 Å². The number of nitrogens with zero attached hydrogens (tertiary/aromatic N) is 1. The molecular weight excluding hydrogens is 336 g/mol. The molecule has 23 heavy (non-hydrogen) atoms. The number of hydrogen-bond donors (Lipinski definition) is 5. The van der Waals surface area contributed by atoms with Crippen molar-refractivity contribution < 1.29 is 33.7 Å². The van der Waals surface area contributed by atoms with E-state index in [1.54, 1.807) is 0 Å². The summed E-state index contributed by atoms with van der Waals surface area (Å²) in [5.74, 6) is -4.68. The standard InChI is InChI=1S/C10H16N4O8S/c11-5(10(19)20)1-2-7(15)13-6(4-23-14(21)22)9(18)12-3-8(16)17/h5-6H,1-4,11H2,(H,12,18)(H,13,15)(H,16,17)(H,19,20)/t5-,6+/m1/s1. The van der Waals surface area contributed by atoms with E-state index < -0.39 is 52.5 Å². The zero-order valence-electron chi connectivity index (χ0n) is 11.8. The van der Waals surface area contributed by atoms with Crippen LogP contribution >= 0.6 is 11.9 Å². The summed E-state index contributed by atoms with van der Waals surface area (Å²) in [6.07, 6.45) is -0.494. The van der Waals surface area contributed by atoms with Crippen molar-refractivity contribution in [3.63, 3.8) is 0 Å². The van der Waals surface area contributed by atoms with Crippen LogP contribution in [0.2, 0.25) is 0 Å². The minimum atomic E-state index is -1.33. The highest BCUT2D eigenvalue weighted by atomic mass is 32.2. The Hall–Kier alpha value is -2.41. The molecule has 0 spiro atoms. The lowest BCUT2D eigenvalue weighted by molar-refractivity contribution is -0.284. The Labute approximate surface area is 134 Å². The number of aliphatic carboxylic acids is 2. The molecule has 0 saturated heterocycles. The fourth-order valence-electron chi connectivity index (χ4n) is 1.28. The summed E-state index contributed by atoms with van der Waals surface area (Å²) in [4.78, 5) is 54.5. The third kappa shape index (κ3) is 10.0. The van der Waals surface area contributed by atoms with E-state index in [1.807, 2.05) is 5.32 Å². The number of carbonyl (C=O) groups excluding carboxylic acids is 2. The Morgan fingerprint density at radius 1 is 1.26 bits per heavy atom. The van der Waals surface area contributed by atoms with Gasteiger partial charge in [-0.25, -0.2) is 0 Å². The number of nitro groups is 1. The monoisotopic (exact) mass is 352 g/mol. The fraction of sp³-hybridized carbons (Fsp3) is 0.600. The lowest BCUT2D eigenvalue weighted by Gasteiger charge is -2.16. The minimum Gasteiger partial charge on any atom is -0.480 e. The molecule has 0 radical (unpaired) electrons. The first-order valence-electron chi connectivity index (χ1n) is 6.18. The summed E-state index contributed by atoms with van der Waals surface area (Å²) in [5, 5.41) is 31.5. The molecule has 0 aliphatic heterocycles. The summed E-state index contributed by atoms with van der Waals surface area (Å²) in [5.41, 5.74) is 5.22. The molecule has 0 aromatic rings. The molecule has 130 valence electrons. The van der Waals surface area contributed by atoms with Gasteiger partial charge in [-0.2, -0.15) is 0 Å². The van der Waals surface area contributed by atoms with Gasteiger partial charge in [-0.1, -0.05) is 0 Å². The number of carboxylic acids is 2. The molecule has 0 aromatic heterocycles. The maximum atomic E-state index is 11.7. The summed E-state index contributed by atoms with van der Waals surface area (Å²) in [6, 6.07) is -2.59. The van der Waals surface area contributed by atoms with E-state index in [0.717, 1.165) is 0 Å². The van der Waals surface area contributed by atoms with Crippen molar-refractivity contribution in [1.82, 2.24) is 10.6 Å². The van der Waals surface area contributed by atoms with E-state index in [2.05, 4.69) is 5.32 Å². The van der Waals surface area contributed by atoms with Gasteiger partial charge in [-0.3, -0.25) is 29.3 Å². The lowest BCUT2D eigenvalue weighted by Crippen LogP contribution is -2.49. The van der Waals surface area contributed by atoms with Crippen LogP contribution in [0.25, 0.3) is 0 Å². The van der Waals surface area contributed by atoms with E-state index >= 15 is 0 Å². The third-order valence-electron chi connectivity index (χ3n) is 2.41. The van der Waals surface area contributed by atoms with Crippen LogP contribution in [0.1, 0.15) is 12.8 Å². The van der Waals surface area contributed by atoms with Crippen LogP contribution < -0.4 is 16.4 Å². The van der Waals surface area contributed by atoms with E-state index in [4.69, 9.17) is 15.9 Å². The van der Waals surface area contributed by atoms with Crippen molar-refractivity contribution in [2.75, 3.05) is 12.3 Å². The van der Waals surface area contributed by atoms with Crippen LogP contribution in [0.3, 0.4) is 0 Å². The molecule has 0 heterocycles. The minimum absolute atomic E-state index is 0.154. The summed E-state index contributed by atoms with van der Waals surface area (Å²) in [6.45, 7) is -0.710. The maximum Gasteiger partial charge on any atom is 0.322 e. The zero-order valence-corrected chi connectivity index (χ0v) is 12.6. The predicted octanol–water partition coefficient (Wildman–Crippen LogP) is -2.21. The van der Waals surface area contributed by atoms with Gasteiger partial charge in [0.25, 0.3) is 0 Å². The van der Waals surface area contributed by atoms with Gasteiger partial charge in [-0.15, -0.1) is 0 Å². The number of carboxylic acid groups (broad SMARTS) is 2. The molecule has 13 heteroatoms. The normalized spacial score (nSPS) is 12.7. The van der Waals surface area contributed by atoms with E-state index in [0.29, 0.717) is 0 Å². The third-order valence-corrected chi connectivity index (χ3v) is 3.10. The molecule has 0 aromatic carbocycles. The molecule has 0 bridgehead atoms. The van der Waals surface area contributed by atoms with Crippen molar-refractivity contribution in [1.29, 1.82) is 0 Å². The molecule has 2 amide bonds. The lowest BCUT2D eigenvalue weighted by atomic mass is 10.1. The molecular formula is C10H16N4O8S. The molecule has 2 atom stereocenters. The number of amides is 2. The highest BCUT2D eigenvalue weighted by Crippen LogP contribution is 2.04. The van der Waals surface area contributed by atoms with Gasteiger partial charge in [0.2, 0.25) is 23.8 Å². The SMILES string of the molecule is N[C@H](CCC(=O)N[C@@H](CS[N+](=O)[O-])C(=O)NCC(=O)O)C(=O)O. The van der Waals surface area contributed by atoms with Gasteiger partial charge in [0.1, 0.15) is 23.0 Å². The Balaban J connectivity index is 4.57. The molecule has 0 rings (SSSR count). The second-order valence-electron chi connectivity index (χ2n) is 4.23. The molecule has 0 saturated carbocycles.